The lowest BCUT2D eigenvalue weighted by atomic mass is 10.1. The van der Waals surface area contributed by atoms with Crippen LogP contribution in [-0.2, 0) is 0 Å². The Morgan fingerprint density at radius 3 is 2.52 bits per heavy atom. The molecule has 0 aliphatic heterocycles. The number of amides is 1. The van der Waals surface area contributed by atoms with Gasteiger partial charge in [-0.2, -0.15) is 0 Å². The Labute approximate surface area is 182 Å². The molecule has 166 valence electrons. The summed E-state index contributed by atoms with van der Waals surface area (Å²) in [5, 5.41) is 24.0. The summed E-state index contributed by atoms with van der Waals surface area (Å²) in [6.07, 6.45) is 8.53. The number of hydrogen-bond acceptors (Lipinski definition) is 7. The number of hydrogen-bond donors (Lipinski definition) is 4. The SMILES string of the molecule is CCCC(CC)Nc1cc(NC(CC)CO)c2ncc(C(=O)Nc3ccncc3)n2n1. The molecule has 0 spiro atoms. The summed E-state index contributed by atoms with van der Waals surface area (Å²) < 4.78 is 1.55. The summed E-state index contributed by atoms with van der Waals surface area (Å²) in [4.78, 5) is 21.3. The maximum atomic E-state index is 12.9. The second kappa shape index (κ2) is 10.7. The van der Waals surface area contributed by atoms with Crippen LogP contribution in [0.3, 0.4) is 0 Å². The summed E-state index contributed by atoms with van der Waals surface area (Å²) in [6, 6.07) is 5.49. The van der Waals surface area contributed by atoms with E-state index in [4.69, 9.17) is 0 Å². The topological polar surface area (TPSA) is 116 Å². The first kappa shape index (κ1) is 22.5. The number of nitrogens with one attached hydrogen (secondary N) is 3. The Morgan fingerprint density at radius 1 is 1.13 bits per heavy atom. The number of pyridine rings is 1. The van der Waals surface area contributed by atoms with Crippen LogP contribution in [-0.4, -0.2) is 49.3 Å². The van der Waals surface area contributed by atoms with Gasteiger partial charge >= 0.3 is 0 Å². The average Bonchev–Trinajstić information content (AvgIpc) is 3.22. The molecular formula is C22H31N7O2. The van der Waals surface area contributed by atoms with Crippen molar-refractivity contribution in [1.82, 2.24) is 19.6 Å². The number of nitrogens with zero attached hydrogens (tertiary/aromatic N) is 4. The van der Waals surface area contributed by atoms with E-state index < -0.39 is 0 Å². The summed E-state index contributed by atoms with van der Waals surface area (Å²) >= 11 is 0. The maximum absolute atomic E-state index is 12.9. The molecule has 9 nitrogen and oxygen atoms in total. The molecule has 3 heterocycles. The van der Waals surface area contributed by atoms with Gasteiger partial charge in [0.2, 0.25) is 0 Å². The molecule has 2 atom stereocenters. The minimum atomic E-state index is -0.316. The molecular weight excluding hydrogens is 394 g/mol. The normalized spacial score (nSPS) is 13.0. The molecule has 4 N–H and O–H groups in total. The van der Waals surface area contributed by atoms with Gasteiger partial charge in [0.1, 0.15) is 5.82 Å². The van der Waals surface area contributed by atoms with Crippen LogP contribution in [0.4, 0.5) is 17.2 Å². The molecule has 3 rings (SSSR count). The van der Waals surface area contributed by atoms with Crippen molar-refractivity contribution in [3.05, 3.63) is 42.5 Å². The van der Waals surface area contributed by atoms with Gasteiger partial charge in [-0.1, -0.05) is 27.2 Å². The Kier molecular flexibility index (Phi) is 7.77. The zero-order valence-electron chi connectivity index (χ0n) is 18.3. The van der Waals surface area contributed by atoms with Gasteiger partial charge in [0, 0.05) is 36.2 Å². The predicted octanol–water partition coefficient (Wildman–Crippen LogP) is 3.55. The largest absolute Gasteiger partial charge is 0.394 e. The third kappa shape index (κ3) is 5.49. The van der Waals surface area contributed by atoms with Gasteiger partial charge in [-0.3, -0.25) is 9.78 Å². The predicted molar refractivity (Wildman–Crippen MR) is 123 cm³/mol. The van der Waals surface area contributed by atoms with E-state index in [2.05, 4.69) is 44.9 Å². The number of anilines is 3. The summed E-state index contributed by atoms with van der Waals surface area (Å²) in [7, 11) is 0. The van der Waals surface area contributed by atoms with Crippen LogP contribution in [0.25, 0.3) is 5.65 Å². The first-order valence-corrected chi connectivity index (χ1v) is 10.8. The fraction of sp³-hybridized carbons (Fsp3) is 0.455. The highest BCUT2D eigenvalue weighted by Crippen LogP contribution is 2.23. The third-order valence-electron chi connectivity index (χ3n) is 5.19. The molecule has 1 amide bonds. The monoisotopic (exact) mass is 425 g/mol. The molecule has 3 aromatic rings. The van der Waals surface area contributed by atoms with Gasteiger partial charge < -0.3 is 21.1 Å². The van der Waals surface area contributed by atoms with Gasteiger partial charge in [0.15, 0.2) is 11.3 Å². The fourth-order valence-electron chi connectivity index (χ4n) is 3.36. The minimum absolute atomic E-state index is 0.00272. The molecule has 3 aromatic heterocycles. The molecule has 0 aliphatic rings. The van der Waals surface area contributed by atoms with Crippen molar-refractivity contribution in [2.45, 2.75) is 58.5 Å². The van der Waals surface area contributed by atoms with Crippen molar-refractivity contribution in [3.8, 4) is 0 Å². The van der Waals surface area contributed by atoms with Gasteiger partial charge in [-0.15, -0.1) is 5.10 Å². The van der Waals surface area contributed by atoms with E-state index in [1.165, 1.54) is 6.20 Å². The van der Waals surface area contributed by atoms with E-state index in [9.17, 15) is 9.90 Å². The number of carbonyl (C=O) groups is 1. The Hall–Kier alpha value is -3.20. The van der Waals surface area contributed by atoms with Crippen molar-refractivity contribution in [3.63, 3.8) is 0 Å². The van der Waals surface area contributed by atoms with Crippen LogP contribution >= 0.6 is 0 Å². The molecule has 0 radical (unpaired) electrons. The van der Waals surface area contributed by atoms with Gasteiger partial charge in [-0.05, 0) is 31.4 Å². The van der Waals surface area contributed by atoms with Crippen LogP contribution in [0.5, 0.6) is 0 Å². The number of imidazole rings is 1. The molecule has 0 aliphatic carbocycles. The number of aromatic nitrogens is 4. The van der Waals surface area contributed by atoms with Crippen molar-refractivity contribution in [1.29, 1.82) is 0 Å². The van der Waals surface area contributed by atoms with Crippen molar-refractivity contribution in [2.24, 2.45) is 0 Å². The maximum Gasteiger partial charge on any atom is 0.276 e. The lowest BCUT2D eigenvalue weighted by Crippen LogP contribution is -2.25. The zero-order chi connectivity index (χ0) is 22.2. The van der Waals surface area contributed by atoms with Gasteiger partial charge in [-0.25, -0.2) is 9.50 Å². The summed E-state index contributed by atoms with van der Waals surface area (Å²) in [5.74, 6) is 0.336. The average molecular weight is 426 g/mol. The van der Waals surface area contributed by atoms with E-state index in [1.807, 2.05) is 13.0 Å². The lowest BCUT2D eigenvalue weighted by Gasteiger charge is -2.20. The van der Waals surface area contributed by atoms with Crippen molar-refractivity contribution < 1.29 is 9.90 Å². The van der Waals surface area contributed by atoms with E-state index in [1.54, 1.807) is 29.0 Å². The van der Waals surface area contributed by atoms with Crippen molar-refractivity contribution >= 4 is 28.7 Å². The smallest absolute Gasteiger partial charge is 0.276 e. The van der Waals surface area contributed by atoms with E-state index in [0.29, 0.717) is 28.5 Å². The first-order valence-electron chi connectivity index (χ1n) is 10.8. The number of rotatable bonds is 11. The second-order valence-electron chi connectivity index (χ2n) is 7.48. The molecule has 0 fully saturated rings. The quantitative estimate of drug-likeness (QED) is 0.371. The van der Waals surface area contributed by atoms with Crippen LogP contribution in [0.15, 0.2) is 36.8 Å². The molecule has 2 unspecified atom stereocenters. The Morgan fingerprint density at radius 2 is 1.87 bits per heavy atom. The van der Waals surface area contributed by atoms with Crippen LogP contribution in [0.1, 0.15) is 56.9 Å². The summed E-state index contributed by atoms with van der Waals surface area (Å²) in [6.45, 7) is 6.28. The Bertz CT molecular complexity index is 986. The number of aliphatic hydroxyl groups excluding tert-OH is 1. The fourth-order valence-corrected chi connectivity index (χ4v) is 3.36. The molecule has 0 saturated carbocycles. The highest BCUT2D eigenvalue weighted by Gasteiger charge is 2.19. The third-order valence-corrected chi connectivity index (χ3v) is 5.19. The van der Waals surface area contributed by atoms with Crippen molar-refractivity contribution in [2.75, 3.05) is 22.6 Å². The minimum Gasteiger partial charge on any atom is -0.394 e. The highest BCUT2D eigenvalue weighted by atomic mass is 16.3. The number of fused-ring (bicyclic) bond motifs is 1. The molecule has 31 heavy (non-hydrogen) atoms. The molecule has 9 heteroatoms. The zero-order valence-corrected chi connectivity index (χ0v) is 18.3. The highest BCUT2D eigenvalue weighted by molar-refractivity contribution is 6.03. The Balaban J connectivity index is 2.00. The first-order chi connectivity index (χ1) is 15.1. The summed E-state index contributed by atoms with van der Waals surface area (Å²) in [5.41, 5.74) is 2.20. The van der Waals surface area contributed by atoms with Crippen LogP contribution in [0, 0.1) is 0 Å². The van der Waals surface area contributed by atoms with E-state index in [0.717, 1.165) is 25.7 Å². The molecule has 0 saturated heterocycles. The number of aliphatic hydroxyl groups is 1. The van der Waals surface area contributed by atoms with Gasteiger partial charge in [0.25, 0.3) is 5.91 Å². The molecule has 0 aromatic carbocycles. The van der Waals surface area contributed by atoms with E-state index in [-0.39, 0.29) is 24.6 Å². The lowest BCUT2D eigenvalue weighted by molar-refractivity contribution is 0.102. The second-order valence-corrected chi connectivity index (χ2v) is 7.48. The van der Waals surface area contributed by atoms with Crippen LogP contribution < -0.4 is 16.0 Å². The van der Waals surface area contributed by atoms with Crippen LogP contribution in [0.2, 0.25) is 0 Å². The van der Waals surface area contributed by atoms with Gasteiger partial charge in [0.05, 0.1) is 18.5 Å². The van der Waals surface area contributed by atoms with E-state index >= 15 is 0 Å². The molecule has 0 bridgehead atoms. The number of carbonyl (C=O) groups excluding carboxylic acids is 1. The standard InChI is InChI=1S/C22H31N7O2/c1-4-7-15(5-2)26-20-12-18(25-16(6-3)14-30)21-24-13-19(29(21)28-20)22(31)27-17-8-10-23-11-9-17/h8-13,15-16,25,30H,4-7,14H2,1-3H3,(H,26,28)(H,23,27,31).